The lowest BCUT2D eigenvalue weighted by Crippen LogP contribution is -2.17. The molecule has 0 fully saturated rings. The molecule has 1 heterocycles. The van der Waals surface area contributed by atoms with Crippen LogP contribution in [0.15, 0.2) is 76.2 Å². The third-order valence-electron chi connectivity index (χ3n) is 4.88. The molecule has 3 aromatic carbocycles. The van der Waals surface area contributed by atoms with Crippen LogP contribution in [0.4, 0.5) is 0 Å². The van der Waals surface area contributed by atoms with E-state index in [0.717, 1.165) is 11.1 Å². The number of carbonyl (C=O) groups excluding carboxylic acids is 1. The maximum atomic E-state index is 12.4. The largest absolute Gasteiger partial charge is 0.497 e. The summed E-state index contributed by atoms with van der Waals surface area (Å²) in [4.78, 5) is 12.4. The smallest absolute Gasteiger partial charge is 0.271 e. The Kier molecular flexibility index (Phi) is 6.45. The quantitative estimate of drug-likeness (QED) is 0.334. The van der Waals surface area contributed by atoms with E-state index >= 15 is 0 Å². The van der Waals surface area contributed by atoms with Gasteiger partial charge in [0.2, 0.25) is 5.89 Å². The fraction of sp³-hybridized carbons (Fsp3) is 0.120. The van der Waals surface area contributed by atoms with Gasteiger partial charge in [0, 0.05) is 17.2 Å². The highest BCUT2D eigenvalue weighted by Crippen LogP contribution is 2.33. The second kappa shape index (κ2) is 9.78. The molecule has 4 rings (SSSR count). The number of amides is 1. The van der Waals surface area contributed by atoms with Crippen LogP contribution in [0.3, 0.4) is 0 Å². The van der Waals surface area contributed by atoms with Crippen LogP contribution in [-0.4, -0.2) is 36.5 Å². The molecular formula is C25H22N4O4. The molecule has 0 bridgehead atoms. The number of hydrogen-bond donors (Lipinski definition) is 1. The van der Waals surface area contributed by atoms with E-state index < -0.39 is 0 Å². The van der Waals surface area contributed by atoms with E-state index in [2.05, 4.69) is 20.7 Å². The van der Waals surface area contributed by atoms with Crippen LogP contribution in [0.1, 0.15) is 21.5 Å². The Morgan fingerprint density at radius 3 is 2.48 bits per heavy atom. The zero-order chi connectivity index (χ0) is 23.2. The van der Waals surface area contributed by atoms with Gasteiger partial charge in [-0.25, -0.2) is 5.43 Å². The van der Waals surface area contributed by atoms with Crippen molar-refractivity contribution in [1.82, 2.24) is 15.6 Å². The number of nitrogens with one attached hydrogen (secondary N) is 1. The Balaban J connectivity index is 1.45. The van der Waals surface area contributed by atoms with Crippen LogP contribution in [0.2, 0.25) is 0 Å². The Hall–Kier alpha value is -4.46. The van der Waals surface area contributed by atoms with Gasteiger partial charge < -0.3 is 13.9 Å². The molecule has 0 atom stereocenters. The zero-order valence-corrected chi connectivity index (χ0v) is 18.4. The topological polar surface area (TPSA) is 98.8 Å². The van der Waals surface area contributed by atoms with Gasteiger partial charge >= 0.3 is 0 Å². The first-order valence-corrected chi connectivity index (χ1v) is 10.1. The molecule has 33 heavy (non-hydrogen) atoms. The number of carbonyl (C=O) groups is 1. The van der Waals surface area contributed by atoms with Gasteiger partial charge in [0.15, 0.2) is 0 Å². The number of hydrazone groups is 1. The van der Waals surface area contributed by atoms with Gasteiger partial charge in [-0.2, -0.15) is 5.10 Å². The Labute approximate surface area is 190 Å². The van der Waals surface area contributed by atoms with Gasteiger partial charge in [-0.3, -0.25) is 4.79 Å². The standard InChI is InChI=1S/C25H22N4O4/c1-16-5-4-6-17(13-16)15-26-27-23(30)18-7-9-19(10-8-18)24-28-29-25(33-24)21-12-11-20(31-2)14-22(21)32-3/h4-15H,1-3H3,(H,27,30)/b26-15+. The highest BCUT2D eigenvalue weighted by atomic mass is 16.5. The number of ether oxygens (including phenoxy) is 2. The molecular weight excluding hydrogens is 420 g/mol. The third-order valence-corrected chi connectivity index (χ3v) is 4.88. The normalized spacial score (nSPS) is 10.9. The second-order valence-electron chi connectivity index (χ2n) is 7.17. The van der Waals surface area contributed by atoms with Crippen molar-refractivity contribution in [3.63, 3.8) is 0 Å². The van der Waals surface area contributed by atoms with Crippen molar-refractivity contribution in [1.29, 1.82) is 0 Å². The predicted octanol–water partition coefficient (Wildman–Crippen LogP) is 4.49. The van der Waals surface area contributed by atoms with E-state index in [9.17, 15) is 4.79 Å². The minimum absolute atomic E-state index is 0.316. The lowest BCUT2D eigenvalue weighted by atomic mass is 10.1. The number of rotatable bonds is 7. The summed E-state index contributed by atoms with van der Waals surface area (Å²) in [5, 5.41) is 12.3. The molecule has 1 aromatic heterocycles. The molecule has 0 unspecified atom stereocenters. The Morgan fingerprint density at radius 1 is 0.970 bits per heavy atom. The highest BCUT2D eigenvalue weighted by molar-refractivity contribution is 5.95. The number of nitrogens with zero attached hydrogens (tertiary/aromatic N) is 3. The zero-order valence-electron chi connectivity index (χ0n) is 18.4. The summed E-state index contributed by atoms with van der Waals surface area (Å²) in [5.74, 6) is 1.54. The van der Waals surface area contributed by atoms with Crippen molar-refractivity contribution in [2.24, 2.45) is 5.10 Å². The molecule has 0 saturated carbocycles. The lowest BCUT2D eigenvalue weighted by Gasteiger charge is -2.07. The monoisotopic (exact) mass is 442 g/mol. The summed E-state index contributed by atoms with van der Waals surface area (Å²) < 4.78 is 16.4. The van der Waals surface area contributed by atoms with Crippen LogP contribution in [0.5, 0.6) is 11.5 Å². The number of methoxy groups -OCH3 is 2. The SMILES string of the molecule is COc1ccc(-c2nnc(-c3ccc(C(=O)N/N=C/c4cccc(C)c4)cc3)o2)c(OC)c1. The molecule has 0 aliphatic heterocycles. The first-order chi connectivity index (χ1) is 16.1. The first-order valence-electron chi connectivity index (χ1n) is 10.1. The third kappa shape index (κ3) is 5.07. The fourth-order valence-electron chi connectivity index (χ4n) is 3.17. The molecule has 1 N–H and O–H groups in total. The van der Waals surface area contributed by atoms with Crippen LogP contribution in [0.25, 0.3) is 22.9 Å². The summed E-state index contributed by atoms with van der Waals surface area (Å²) in [6, 6.07) is 20.0. The van der Waals surface area contributed by atoms with Gasteiger partial charge in [0.05, 0.1) is 26.0 Å². The number of benzene rings is 3. The Morgan fingerprint density at radius 2 is 1.76 bits per heavy atom. The molecule has 0 saturated heterocycles. The van der Waals surface area contributed by atoms with Crippen molar-refractivity contribution in [2.45, 2.75) is 6.92 Å². The molecule has 0 radical (unpaired) electrons. The van der Waals surface area contributed by atoms with Crippen LogP contribution in [0, 0.1) is 6.92 Å². The van der Waals surface area contributed by atoms with Crippen molar-refractivity contribution in [2.75, 3.05) is 14.2 Å². The molecule has 166 valence electrons. The van der Waals surface area contributed by atoms with E-state index in [-0.39, 0.29) is 5.91 Å². The van der Waals surface area contributed by atoms with E-state index in [0.29, 0.717) is 40.0 Å². The van der Waals surface area contributed by atoms with Crippen LogP contribution in [-0.2, 0) is 0 Å². The molecule has 0 spiro atoms. The van der Waals surface area contributed by atoms with E-state index in [1.807, 2.05) is 31.2 Å². The average Bonchev–Trinajstić information content (AvgIpc) is 3.34. The summed E-state index contributed by atoms with van der Waals surface area (Å²) in [6.07, 6.45) is 1.60. The van der Waals surface area contributed by atoms with Gasteiger partial charge in [-0.05, 0) is 48.9 Å². The summed E-state index contributed by atoms with van der Waals surface area (Å²) >= 11 is 0. The minimum atomic E-state index is -0.320. The van der Waals surface area contributed by atoms with E-state index in [1.54, 1.807) is 62.9 Å². The summed E-state index contributed by atoms with van der Waals surface area (Å²) in [5.41, 5.74) is 6.35. The maximum Gasteiger partial charge on any atom is 0.271 e. The minimum Gasteiger partial charge on any atom is -0.497 e. The molecule has 4 aromatic rings. The molecule has 1 amide bonds. The van der Waals surface area contributed by atoms with Gasteiger partial charge in [0.25, 0.3) is 11.8 Å². The van der Waals surface area contributed by atoms with Crippen molar-refractivity contribution < 1.29 is 18.7 Å². The molecule has 8 heteroatoms. The van der Waals surface area contributed by atoms with Gasteiger partial charge in [-0.1, -0.05) is 29.8 Å². The fourth-order valence-corrected chi connectivity index (χ4v) is 3.17. The van der Waals surface area contributed by atoms with Crippen LogP contribution < -0.4 is 14.9 Å². The predicted molar refractivity (Wildman–Crippen MR) is 125 cm³/mol. The summed E-state index contributed by atoms with van der Waals surface area (Å²) in [7, 11) is 3.14. The number of hydrogen-bond acceptors (Lipinski definition) is 7. The van der Waals surface area contributed by atoms with Crippen molar-refractivity contribution >= 4 is 12.1 Å². The van der Waals surface area contributed by atoms with E-state index in [4.69, 9.17) is 13.9 Å². The van der Waals surface area contributed by atoms with Gasteiger partial charge in [-0.15, -0.1) is 10.2 Å². The average molecular weight is 442 g/mol. The first kappa shape index (κ1) is 21.8. The maximum absolute atomic E-state index is 12.4. The van der Waals surface area contributed by atoms with Crippen LogP contribution >= 0.6 is 0 Å². The molecule has 0 aliphatic rings. The number of aryl methyl sites for hydroxylation is 1. The lowest BCUT2D eigenvalue weighted by molar-refractivity contribution is 0.0955. The van der Waals surface area contributed by atoms with Crippen molar-refractivity contribution in [3.05, 3.63) is 83.4 Å². The molecule has 0 aliphatic carbocycles. The van der Waals surface area contributed by atoms with E-state index in [1.165, 1.54) is 0 Å². The Bertz CT molecular complexity index is 1300. The highest BCUT2D eigenvalue weighted by Gasteiger charge is 2.16. The van der Waals surface area contributed by atoms with Gasteiger partial charge in [0.1, 0.15) is 11.5 Å². The molecule has 8 nitrogen and oxygen atoms in total. The number of aromatic nitrogens is 2. The van der Waals surface area contributed by atoms with Crippen molar-refractivity contribution in [3.8, 4) is 34.4 Å². The second-order valence-corrected chi connectivity index (χ2v) is 7.17. The summed E-state index contributed by atoms with van der Waals surface area (Å²) in [6.45, 7) is 2.00.